The molecule has 1 aromatic rings. The number of hydrogen-bond acceptors (Lipinski definition) is 2. The van der Waals surface area contributed by atoms with Crippen molar-refractivity contribution >= 4 is 5.91 Å². The quantitative estimate of drug-likeness (QED) is 0.734. The van der Waals surface area contributed by atoms with E-state index in [1.54, 1.807) is 19.3 Å². The van der Waals surface area contributed by atoms with Crippen molar-refractivity contribution in [2.75, 3.05) is 13.1 Å². The zero-order valence-corrected chi connectivity index (χ0v) is 10.3. The number of amides is 1. The third-order valence-electron chi connectivity index (χ3n) is 3.40. The van der Waals surface area contributed by atoms with Gasteiger partial charge in [0.15, 0.2) is 0 Å². The molecule has 0 radical (unpaired) electrons. The molecule has 1 aliphatic rings. The van der Waals surface area contributed by atoms with Crippen LogP contribution in [0.15, 0.2) is 23.1 Å². The Labute approximate surface area is 101 Å². The molecule has 0 aliphatic carbocycles. The van der Waals surface area contributed by atoms with E-state index in [2.05, 4.69) is 6.92 Å². The van der Waals surface area contributed by atoms with Gasteiger partial charge in [-0.25, -0.2) is 0 Å². The molecule has 0 atom stereocenters. The summed E-state index contributed by atoms with van der Waals surface area (Å²) in [6.45, 7) is 3.86. The van der Waals surface area contributed by atoms with Gasteiger partial charge in [0.1, 0.15) is 0 Å². The van der Waals surface area contributed by atoms with Gasteiger partial charge in [-0.3, -0.25) is 9.59 Å². The van der Waals surface area contributed by atoms with E-state index in [0.29, 0.717) is 11.5 Å². The topological polar surface area (TPSA) is 42.3 Å². The molecular weight excluding hydrogens is 216 g/mol. The van der Waals surface area contributed by atoms with Crippen LogP contribution in [0, 0.1) is 5.92 Å². The molecule has 1 saturated heterocycles. The Morgan fingerprint density at radius 3 is 2.53 bits per heavy atom. The minimum atomic E-state index is -0.0891. The third-order valence-corrected chi connectivity index (χ3v) is 3.40. The highest BCUT2D eigenvalue weighted by atomic mass is 16.2. The normalized spacial score (nSPS) is 17.2. The van der Waals surface area contributed by atoms with Gasteiger partial charge in [-0.15, -0.1) is 0 Å². The highest BCUT2D eigenvalue weighted by Crippen LogP contribution is 2.17. The van der Waals surface area contributed by atoms with Crippen molar-refractivity contribution in [3.63, 3.8) is 0 Å². The number of carbonyl (C=O) groups is 1. The van der Waals surface area contributed by atoms with Crippen molar-refractivity contribution < 1.29 is 4.79 Å². The number of hydrogen-bond donors (Lipinski definition) is 0. The standard InChI is InChI=1S/C13H18N2O2/c1-10-5-7-15(8-6-10)13(17)11-3-4-12(16)14(2)9-11/h3-4,9-10H,5-8H2,1-2H3. The van der Waals surface area contributed by atoms with Crippen molar-refractivity contribution in [1.82, 2.24) is 9.47 Å². The van der Waals surface area contributed by atoms with Crippen LogP contribution in [0.1, 0.15) is 30.1 Å². The summed E-state index contributed by atoms with van der Waals surface area (Å²) < 4.78 is 1.44. The fourth-order valence-electron chi connectivity index (χ4n) is 2.11. The van der Waals surface area contributed by atoms with Gasteiger partial charge in [0, 0.05) is 32.4 Å². The average Bonchev–Trinajstić information content (AvgIpc) is 2.33. The molecule has 17 heavy (non-hydrogen) atoms. The fourth-order valence-corrected chi connectivity index (χ4v) is 2.11. The van der Waals surface area contributed by atoms with Gasteiger partial charge in [-0.1, -0.05) is 6.92 Å². The molecule has 0 bridgehead atoms. The van der Waals surface area contributed by atoms with Gasteiger partial charge in [0.05, 0.1) is 5.56 Å². The Morgan fingerprint density at radius 1 is 1.29 bits per heavy atom. The Kier molecular flexibility index (Phi) is 3.31. The Morgan fingerprint density at radius 2 is 1.94 bits per heavy atom. The first-order valence-electron chi connectivity index (χ1n) is 6.04. The zero-order valence-electron chi connectivity index (χ0n) is 10.3. The van der Waals surface area contributed by atoms with Crippen molar-refractivity contribution in [3.05, 3.63) is 34.2 Å². The molecule has 92 valence electrons. The SMILES string of the molecule is CC1CCN(C(=O)c2ccc(=O)n(C)c2)CC1. The summed E-state index contributed by atoms with van der Waals surface area (Å²) in [7, 11) is 1.66. The van der Waals surface area contributed by atoms with Gasteiger partial charge in [-0.05, 0) is 24.8 Å². The molecule has 1 amide bonds. The number of nitrogens with zero attached hydrogens (tertiary/aromatic N) is 2. The number of carbonyl (C=O) groups excluding carboxylic acids is 1. The molecule has 4 nitrogen and oxygen atoms in total. The maximum Gasteiger partial charge on any atom is 0.255 e. The number of rotatable bonds is 1. The van der Waals surface area contributed by atoms with Gasteiger partial charge in [0.25, 0.3) is 5.91 Å². The van der Waals surface area contributed by atoms with Crippen molar-refractivity contribution in [3.8, 4) is 0 Å². The van der Waals surface area contributed by atoms with E-state index in [0.717, 1.165) is 25.9 Å². The largest absolute Gasteiger partial charge is 0.339 e. The van der Waals surface area contributed by atoms with Crippen LogP contribution in [0.3, 0.4) is 0 Å². The molecule has 1 aliphatic heterocycles. The first-order valence-corrected chi connectivity index (χ1v) is 6.04. The lowest BCUT2D eigenvalue weighted by molar-refractivity contribution is 0.0696. The smallest absolute Gasteiger partial charge is 0.255 e. The Balaban J connectivity index is 2.14. The second-order valence-corrected chi connectivity index (χ2v) is 4.84. The van der Waals surface area contributed by atoms with E-state index in [9.17, 15) is 9.59 Å². The summed E-state index contributed by atoms with van der Waals surface area (Å²) in [5, 5.41) is 0. The maximum absolute atomic E-state index is 12.2. The molecule has 1 fully saturated rings. The first-order chi connectivity index (χ1) is 8.08. The van der Waals surface area contributed by atoms with Gasteiger partial charge in [0.2, 0.25) is 5.56 Å². The van der Waals surface area contributed by atoms with E-state index >= 15 is 0 Å². The van der Waals surface area contributed by atoms with Crippen LogP contribution < -0.4 is 5.56 Å². The van der Waals surface area contributed by atoms with Gasteiger partial charge < -0.3 is 9.47 Å². The predicted octanol–water partition coefficient (Wildman–Crippen LogP) is 1.26. The van der Waals surface area contributed by atoms with Crippen LogP contribution in [-0.2, 0) is 7.05 Å². The van der Waals surface area contributed by atoms with E-state index < -0.39 is 0 Å². The Hall–Kier alpha value is -1.58. The van der Waals surface area contributed by atoms with Crippen LogP contribution in [0.5, 0.6) is 0 Å². The van der Waals surface area contributed by atoms with Crippen molar-refractivity contribution in [2.24, 2.45) is 13.0 Å². The minimum Gasteiger partial charge on any atom is -0.339 e. The summed E-state index contributed by atoms with van der Waals surface area (Å²) >= 11 is 0. The van der Waals surface area contributed by atoms with Crippen molar-refractivity contribution in [1.29, 1.82) is 0 Å². The maximum atomic E-state index is 12.2. The van der Waals surface area contributed by atoms with E-state index in [1.807, 2.05) is 4.90 Å². The number of likely N-dealkylation sites (tertiary alicyclic amines) is 1. The predicted molar refractivity (Wildman–Crippen MR) is 66.0 cm³/mol. The second kappa shape index (κ2) is 4.73. The Bertz CT molecular complexity index is 471. The molecule has 0 spiro atoms. The molecule has 2 rings (SSSR count). The van der Waals surface area contributed by atoms with Gasteiger partial charge >= 0.3 is 0 Å². The summed E-state index contributed by atoms with van der Waals surface area (Å²) in [6, 6.07) is 3.06. The zero-order chi connectivity index (χ0) is 12.4. The van der Waals surface area contributed by atoms with Gasteiger partial charge in [-0.2, -0.15) is 0 Å². The second-order valence-electron chi connectivity index (χ2n) is 4.84. The van der Waals surface area contributed by atoms with E-state index in [1.165, 1.54) is 10.6 Å². The van der Waals surface area contributed by atoms with Crippen LogP contribution in [-0.4, -0.2) is 28.5 Å². The molecule has 1 aromatic heterocycles. The summed E-state index contributed by atoms with van der Waals surface area (Å²) in [5.74, 6) is 0.742. The third kappa shape index (κ3) is 2.57. The van der Waals surface area contributed by atoms with E-state index in [-0.39, 0.29) is 11.5 Å². The monoisotopic (exact) mass is 234 g/mol. The highest BCUT2D eigenvalue weighted by Gasteiger charge is 2.21. The number of piperidine rings is 1. The molecule has 0 aromatic carbocycles. The molecular formula is C13H18N2O2. The molecule has 0 saturated carbocycles. The lowest BCUT2D eigenvalue weighted by atomic mass is 9.99. The minimum absolute atomic E-state index is 0.0347. The lowest BCUT2D eigenvalue weighted by Gasteiger charge is -2.30. The molecule has 2 heterocycles. The summed E-state index contributed by atoms with van der Waals surface area (Å²) in [5.41, 5.74) is 0.510. The number of pyridine rings is 1. The molecule has 0 N–H and O–H groups in total. The number of aryl methyl sites for hydroxylation is 1. The van der Waals surface area contributed by atoms with Crippen LogP contribution in [0.2, 0.25) is 0 Å². The van der Waals surface area contributed by atoms with Crippen LogP contribution in [0.25, 0.3) is 0 Å². The van der Waals surface area contributed by atoms with Crippen LogP contribution >= 0.6 is 0 Å². The lowest BCUT2D eigenvalue weighted by Crippen LogP contribution is -2.38. The fraction of sp³-hybridized carbons (Fsp3) is 0.538. The summed E-state index contributed by atoms with van der Waals surface area (Å²) in [6.07, 6.45) is 3.75. The highest BCUT2D eigenvalue weighted by molar-refractivity contribution is 5.93. The molecule has 4 heteroatoms. The van der Waals surface area contributed by atoms with Crippen LogP contribution in [0.4, 0.5) is 0 Å². The average molecular weight is 234 g/mol. The summed E-state index contributed by atoms with van der Waals surface area (Å²) in [4.78, 5) is 25.3. The number of aromatic nitrogens is 1. The van der Waals surface area contributed by atoms with E-state index in [4.69, 9.17) is 0 Å². The van der Waals surface area contributed by atoms with Crippen molar-refractivity contribution in [2.45, 2.75) is 19.8 Å². The molecule has 0 unspecified atom stereocenters. The first kappa shape index (κ1) is 11.9.